The molecule has 5 rings (SSSR count). The van der Waals surface area contributed by atoms with Crippen molar-refractivity contribution < 1.29 is 18.7 Å². The van der Waals surface area contributed by atoms with Gasteiger partial charge in [0, 0.05) is 42.5 Å². The number of hydrogen-bond donors (Lipinski definition) is 2. The molecule has 4 heterocycles. The highest BCUT2D eigenvalue weighted by atomic mass is 19.1. The van der Waals surface area contributed by atoms with Crippen LogP contribution in [-0.4, -0.2) is 70.9 Å². The quantitative estimate of drug-likeness (QED) is 0.568. The second-order valence-electron chi connectivity index (χ2n) is 9.01. The molecule has 0 unspecified atom stereocenters. The number of benzene rings is 1. The average Bonchev–Trinajstić information content (AvgIpc) is 3.52. The summed E-state index contributed by atoms with van der Waals surface area (Å²) in [5, 5.41) is 0.886. The zero-order valence-corrected chi connectivity index (χ0v) is 19.6. The lowest BCUT2D eigenvalue weighted by Crippen LogP contribution is -2.48. The lowest BCUT2D eigenvalue weighted by Gasteiger charge is -2.29. The molecule has 2 aliphatic heterocycles. The zero-order valence-electron chi connectivity index (χ0n) is 19.6. The van der Waals surface area contributed by atoms with Crippen molar-refractivity contribution in [2.24, 2.45) is 5.73 Å². The van der Waals surface area contributed by atoms with Crippen LogP contribution in [0.1, 0.15) is 25.0 Å². The van der Waals surface area contributed by atoms with Crippen molar-refractivity contribution >= 4 is 28.4 Å². The molecule has 182 valence electrons. The van der Waals surface area contributed by atoms with Crippen molar-refractivity contribution in [3.63, 3.8) is 0 Å². The van der Waals surface area contributed by atoms with Gasteiger partial charge in [0.2, 0.25) is 11.8 Å². The molecule has 0 aliphatic carbocycles. The third kappa shape index (κ3) is 4.51. The van der Waals surface area contributed by atoms with Crippen molar-refractivity contribution in [2.75, 3.05) is 33.3 Å². The van der Waals surface area contributed by atoms with Gasteiger partial charge in [0.1, 0.15) is 23.3 Å². The summed E-state index contributed by atoms with van der Waals surface area (Å²) in [6.45, 7) is 2.21. The van der Waals surface area contributed by atoms with Crippen LogP contribution in [0.15, 0.2) is 42.6 Å². The number of halogens is 1. The molecule has 0 bridgehead atoms. The Morgan fingerprint density at radius 2 is 2.09 bits per heavy atom. The molecule has 3 aromatic rings. The van der Waals surface area contributed by atoms with Crippen LogP contribution in [0.5, 0.6) is 5.75 Å². The van der Waals surface area contributed by atoms with Gasteiger partial charge in [-0.3, -0.25) is 14.5 Å². The summed E-state index contributed by atoms with van der Waals surface area (Å²) < 4.78 is 19.5. The Labute approximate surface area is 202 Å². The Bertz CT molecular complexity index is 1320. The molecule has 2 aliphatic rings. The minimum absolute atomic E-state index is 0.0494. The Morgan fingerprint density at radius 1 is 1.23 bits per heavy atom. The Kier molecular flexibility index (Phi) is 6.25. The van der Waals surface area contributed by atoms with Crippen LogP contribution in [-0.2, 0) is 9.59 Å². The van der Waals surface area contributed by atoms with Crippen molar-refractivity contribution in [3.05, 3.63) is 54.1 Å². The molecular weight excluding hydrogens is 449 g/mol. The maximum absolute atomic E-state index is 14.0. The second-order valence-corrected chi connectivity index (χ2v) is 9.01. The number of H-pyrrole nitrogens is 1. The minimum atomic E-state index is -0.483. The number of nitrogens with zero attached hydrogens (tertiary/aromatic N) is 3. The number of aromatic nitrogens is 2. The van der Waals surface area contributed by atoms with Crippen LogP contribution >= 0.6 is 0 Å². The van der Waals surface area contributed by atoms with Gasteiger partial charge in [0.25, 0.3) is 0 Å². The summed E-state index contributed by atoms with van der Waals surface area (Å²) in [5.74, 6) is -0.219. The zero-order chi connectivity index (χ0) is 24.5. The predicted molar refractivity (Wildman–Crippen MR) is 131 cm³/mol. The van der Waals surface area contributed by atoms with Crippen LogP contribution in [0.2, 0.25) is 0 Å². The number of hydrogen-bond acceptors (Lipinski definition) is 5. The number of nitrogens with two attached hydrogens (primary N) is 1. The third-order valence-corrected chi connectivity index (χ3v) is 6.88. The Morgan fingerprint density at radius 3 is 2.83 bits per heavy atom. The molecule has 0 saturated carbocycles. The molecule has 1 aromatic carbocycles. The normalized spacial score (nSPS) is 18.6. The molecule has 0 radical (unpaired) electrons. The van der Waals surface area contributed by atoms with E-state index in [1.54, 1.807) is 24.3 Å². The molecule has 35 heavy (non-hydrogen) atoms. The molecular formula is C26H28FN5O3. The number of carbonyl (C=O) groups is 2. The summed E-state index contributed by atoms with van der Waals surface area (Å²) in [7, 11) is 1.57. The largest absolute Gasteiger partial charge is 0.496 e. The van der Waals surface area contributed by atoms with Crippen LogP contribution in [0.25, 0.3) is 27.7 Å². The van der Waals surface area contributed by atoms with E-state index in [2.05, 4.69) is 20.9 Å². The van der Waals surface area contributed by atoms with Gasteiger partial charge < -0.3 is 20.4 Å². The first-order chi connectivity index (χ1) is 16.9. The van der Waals surface area contributed by atoms with E-state index in [4.69, 9.17) is 10.5 Å². The molecule has 0 spiro atoms. The number of carbonyl (C=O) groups excluding carboxylic acids is 2. The van der Waals surface area contributed by atoms with Crippen LogP contribution in [0, 0.1) is 5.82 Å². The van der Waals surface area contributed by atoms with E-state index in [1.807, 2.05) is 12.1 Å². The average molecular weight is 478 g/mol. The molecule has 2 aromatic heterocycles. The third-order valence-electron chi connectivity index (χ3n) is 6.88. The molecule has 1 atom stereocenters. The standard InChI is InChI=1S/C26H28FN5O3/c1-35-23-5-4-17(27)13-19(23)18-6-9-29-26-20(18)14-21(30-26)16-7-11-31(12-8-16)15-24(33)32-10-2-3-22(32)25(28)34/h4-7,9,13-14,22H,2-3,8,10-12,15H2,1H3,(H2,28,34)(H,29,30)/t22-/m0/s1. The highest BCUT2D eigenvalue weighted by Gasteiger charge is 2.33. The summed E-state index contributed by atoms with van der Waals surface area (Å²) in [5.41, 5.74) is 9.77. The van der Waals surface area contributed by atoms with Crippen molar-refractivity contribution in [3.8, 4) is 16.9 Å². The van der Waals surface area contributed by atoms with Crippen molar-refractivity contribution in [1.29, 1.82) is 0 Å². The number of methoxy groups -OCH3 is 1. The highest BCUT2D eigenvalue weighted by molar-refractivity contribution is 5.96. The van der Waals surface area contributed by atoms with Crippen molar-refractivity contribution in [1.82, 2.24) is 19.8 Å². The topological polar surface area (TPSA) is 105 Å². The number of likely N-dealkylation sites (tertiary alicyclic amines) is 1. The van der Waals surface area contributed by atoms with Crippen LogP contribution < -0.4 is 10.5 Å². The summed E-state index contributed by atoms with van der Waals surface area (Å²) in [6, 6.07) is 7.89. The molecule has 2 amide bonds. The maximum Gasteiger partial charge on any atom is 0.240 e. The minimum Gasteiger partial charge on any atom is -0.496 e. The van der Waals surface area contributed by atoms with E-state index in [0.717, 1.165) is 41.6 Å². The first kappa shape index (κ1) is 23.0. The molecule has 1 saturated heterocycles. The van der Waals surface area contributed by atoms with E-state index in [0.29, 0.717) is 36.5 Å². The van der Waals surface area contributed by atoms with Gasteiger partial charge in [0.15, 0.2) is 0 Å². The first-order valence-corrected chi connectivity index (χ1v) is 11.8. The van der Waals surface area contributed by atoms with Gasteiger partial charge in [-0.25, -0.2) is 9.37 Å². The number of pyridine rings is 1. The number of aromatic amines is 1. The number of fused-ring (bicyclic) bond motifs is 1. The van der Waals surface area contributed by atoms with E-state index in [-0.39, 0.29) is 18.3 Å². The lowest BCUT2D eigenvalue weighted by atomic mass is 10.0. The predicted octanol–water partition coefficient (Wildman–Crippen LogP) is 2.94. The smallest absolute Gasteiger partial charge is 0.240 e. The fourth-order valence-electron chi connectivity index (χ4n) is 5.07. The fraction of sp³-hybridized carbons (Fsp3) is 0.346. The molecule has 8 nitrogen and oxygen atoms in total. The lowest BCUT2D eigenvalue weighted by molar-refractivity contribution is -0.138. The number of rotatable bonds is 6. The van der Waals surface area contributed by atoms with Gasteiger partial charge in [-0.05, 0) is 60.7 Å². The molecule has 3 N–H and O–H groups in total. The molecule has 1 fully saturated rings. The fourth-order valence-corrected chi connectivity index (χ4v) is 5.07. The SMILES string of the molecule is COc1ccc(F)cc1-c1ccnc2[nH]c(C3=CCN(CC(=O)N4CCC[C@H]4C(N)=O)CC3)cc12. The summed E-state index contributed by atoms with van der Waals surface area (Å²) in [4.78, 5) is 35.9. The van der Waals surface area contributed by atoms with Gasteiger partial charge >= 0.3 is 0 Å². The first-order valence-electron chi connectivity index (χ1n) is 11.8. The van der Waals surface area contributed by atoms with Crippen LogP contribution in [0.4, 0.5) is 4.39 Å². The van der Waals surface area contributed by atoms with Crippen LogP contribution in [0.3, 0.4) is 0 Å². The monoisotopic (exact) mass is 477 g/mol. The van der Waals surface area contributed by atoms with E-state index >= 15 is 0 Å². The van der Waals surface area contributed by atoms with Gasteiger partial charge in [-0.15, -0.1) is 0 Å². The summed E-state index contributed by atoms with van der Waals surface area (Å²) >= 11 is 0. The molecule has 9 heteroatoms. The van der Waals surface area contributed by atoms with Gasteiger partial charge in [0.05, 0.1) is 13.7 Å². The Balaban J connectivity index is 1.34. The Hall–Kier alpha value is -3.72. The second kappa shape index (κ2) is 9.50. The van der Waals surface area contributed by atoms with Crippen molar-refractivity contribution in [2.45, 2.75) is 25.3 Å². The van der Waals surface area contributed by atoms with Gasteiger partial charge in [-0.2, -0.15) is 0 Å². The maximum atomic E-state index is 14.0. The number of amides is 2. The highest BCUT2D eigenvalue weighted by Crippen LogP contribution is 2.36. The van der Waals surface area contributed by atoms with E-state index < -0.39 is 11.9 Å². The number of nitrogens with one attached hydrogen (secondary N) is 1. The van der Waals surface area contributed by atoms with E-state index in [1.165, 1.54) is 12.1 Å². The number of ether oxygens (including phenoxy) is 1. The number of primary amides is 1. The summed E-state index contributed by atoms with van der Waals surface area (Å²) in [6.07, 6.45) is 6.02. The van der Waals surface area contributed by atoms with Gasteiger partial charge in [-0.1, -0.05) is 6.08 Å². The van der Waals surface area contributed by atoms with E-state index in [9.17, 15) is 14.0 Å².